The minimum Gasteiger partial charge on any atom is -0.355 e. The molecule has 2 aromatic carbocycles. The van der Waals surface area contributed by atoms with Crippen LogP contribution in [0.4, 0.5) is 0 Å². The van der Waals surface area contributed by atoms with Gasteiger partial charge in [0, 0.05) is 28.9 Å². The molecule has 4 nitrogen and oxygen atoms in total. The second kappa shape index (κ2) is 12.9. The van der Waals surface area contributed by atoms with E-state index in [2.05, 4.69) is 5.32 Å². The van der Waals surface area contributed by atoms with Gasteiger partial charge in [0.25, 0.3) is 0 Å². The molecule has 0 saturated carbocycles. The summed E-state index contributed by atoms with van der Waals surface area (Å²) in [6.45, 7) is 4.86. The molecule has 1 unspecified atom stereocenters. The number of hydrogen-bond donors (Lipinski definition) is 1. The fraction of sp³-hybridized carbons (Fsp3) is 0.391. The first-order chi connectivity index (χ1) is 14.5. The van der Waals surface area contributed by atoms with Gasteiger partial charge in [-0.3, -0.25) is 9.59 Å². The molecule has 0 aliphatic rings. The van der Waals surface area contributed by atoms with Crippen molar-refractivity contribution in [3.05, 3.63) is 69.7 Å². The third-order valence-corrected chi connectivity index (χ3v) is 6.27. The van der Waals surface area contributed by atoms with Crippen LogP contribution in [0.2, 0.25) is 10.0 Å². The number of thioether (sulfide) groups is 1. The summed E-state index contributed by atoms with van der Waals surface area (Å²) in [5.41, 5.74) is 2.08. The van der Waals surface area contributed by atoms with E-state index in [0.717, 1.165) is 11.1 Å². The molecule has 0 aromatic heterocycles. The third kappa shape index (κ3) is 7.53. The molecular weight excluding hydrogens is 439 g/mol. The fourth-order valence-corrected chi connectivity index (χ4v) is 4.63. The Kier molecular flexibility index (Phi) is 10.6. The number of likely N-dealkylation sites (N-methyl/N-ethyl adjacent to an activating group) is 1. The Morgan fingerprint density at radius 1 is 1.10 bits per heavy atom. The molecule has 0 radical (unpaired) electrons. The molecule has 0 heterocycles. The fourth-order valence-electron chi connectivity index (χ4n) is 3.16. The lowest BCUT2D eigenvalue weighted by Gasteiger charge is -2.30. The van der Waals surface area contributed by atoms with Crippen molar-refractivity contribution in [1.82, 2.24) is 10.2 Å². The predicted octanol–water partition coefficient (Wildman–Crippen LogP) is 5.21. The number of rotatable bonds is 11. The van der Waals surface area contributed by atoms with Crippen molar-refractivity contribution in [3.63, 3.8) is 0 Å². The van der Waals surface area contributed by atoms with Crippen molar-refractivity contribution < 1.29 is 9.59 Å². The zero-order valence-electron chi connectivity index (χ0n) is 17.4. The zero-order valence-corrected chi connectivity index (χ0v) is 19.7. The summed E-state index contributed by atoms with van der Waals surface area (Å²) in [4.78, 5) is 27.4. The number of carbonyl (C=O) groups is 2. The Morgan fingerprint density at radius 3 is 2.47 bits per heavy atom. The number of carbonyl (C=O) groups excluding carboxylic acids is 2. The molecule has 162 valence electrons. The zero-order chi connectivity index (χ0) is 21.9. The smallest absolute Gasteiger partial charge is 0.242 e. The van der Waals surface area contributed by atoms with Crippen LogP contribution in [0.15, 0.2) is 48.5 Å². The number of nitrogens with zero attached hydrogens (tertiary/aromatic N) is 1. The quantitative estimate of drug-likeness (QED) is 0.494. The summed E-state index contributed by atoms with van der Waals surface area (Å²) in [5, 5.41) is 4.04. The van der Waals surface area contributed by atoms with Gasteiger partial charge in [-0.15, -0.1) is 11.8 Å². The van der Waals surface area contributed by atoms with Gasteiger partial charge in [0.1, 0.15) is 6.04 Å². The van der Waals surface area contributed by atoms with Gasteiger partial charge in [-0.05, 0) is 43.0 Å². The molecule has 30 heavy (non-hydrogen) atoms. The second-order valence-electron chi connectivity index (χ2n) is 6.87. The van der Waals surface area contributed by atoms with Crippen LogP contribution in [-0.4, -0.2) is 41.6 Å². The average Bonchev–Trinajstić information content (AvgIpc) is 2.73. The highest BCUT2D eigenvalue weighted by Gasteiger charge is 2.27. The summed E-state index contributed by atoms with van der Waals surface area (Å²) in [6.07, 6.45) is 1.27. The van der Waals surface area contributed by atoms with Crippen LogP contribution < -0.4 is 5.32 Å². The monoisotopic (exact) mass is 466 g/mol. The Hall–Kier alpha value is -1.69. The summed E-state index contributed by atoms with van der Waals surface area (Å²) < 4.78 is 0. The minimum atomic E-state index is -0.471. The average molecular weight is 467 g/mol. The van der Waals surface area contributed by atoms with E-state index >= 15 is 0 Å². The van der Waals surface area contributed by atoms with E-state index in [1.165, 1.54) is 11.8 Å². The molecule has 2 aromatic rings. The van der Waals surface area contributed by atoms with E-state index in [1.807, 2.05) is 50.2 Å². The van der Waals surface area contributed by atoms with E-state index in [-0.39, 0.29) is 17.6 Å². The van der Waals surface area contributed by atoms with Gasteiger partial charge in [-0.1, -0.05) is 66.5 Å². The van der Waals surface area contributed by atoms with Crippen molar-refractivity contribution in [2.75, 3.05) is 18.8 Å². The lowest BCUT2D eigenvalue weighted by molar-refractivity contribution is -0.138. The van der Waals surface area contributed by atoms with Gasteiger partial charge >= 0.3 is 0 Å². The Morgan fingerprint density at radius 2 is 1.83 bits per heavy atom. The number of benzene rings is 2. The molecule has 0 fully saturated rings. The summed E-state index contributed by atoms with van der Waals surface area (Å²) >= 11 is 13.7. The van der Waals surface area contributed by atoms with Crippen LogP contribution in [0.25, 0.3) is 0 Å². The SMILES string of the molecule is CCNC(=O)C(CC)N(CCc1ccccc1)C(=O)CSCc1ccc(Cl)cc1Cl. The van der Waals surface area contributed by atoms with E-state index < -0.39 is 6.04 Å². The maximum absolute atomic E-state index is 13.1. The van der Waals surface area contributed by atoms with Gasteiger partial charge < -0.3 is 10.2 Å². The first kappa shape index (κ1) is 24.6. The highest BCUT2D eigenvalue weighted by molar-refractivity contribution is 7.99. The second-order valence-corrected chi connectivity index (χ2v) is 8.70. The molecule has 0 spiro atoms. The van der Waals surface area contributed by atoms with E-state index in [9.17, 15) is 9.59 Å². The highest BCUT2D eigenvalue weighted by Crippen LogP contribution is 2.25. The normalized spacial score (nSPS) is 11.7. The van der Waals surface area contributed by atoms with Crippen molar-refractivity contribution in [3.8, 4) is 0 Å². The van der Waals surface area contributed by atoms with Crippen LogP contribution in [-0.2, 0) is 21.8 Å². The minimum absolute atomic E-state index is 0.0425. The predicted molar refractivity (Wildman–Crippen MR) is 127 cm³/mol. The van der Waals surface area contributed by atoms with Crippen molar-refractivity contribution in [2.24, 2.45) is 0 Å². The molecule has 0 aliphatic heterocycles. The summed E-state index contributed by atoms with van der Waals surface area (Å²) in [5.74, 6) is 0.738. The van der Waals surface area contributed by atoms with Gasteiger partial charge in [0.15, 0.2) is 0 Å². The van der Waals surface area contributed by atoms with E-state index in [0.29, 0.717) is 41.7 Å². The molecule has 2 amide bonds. The van der Waals surface area contributed by atoms with Gasteiger partial charge in [-0.2, -0.15) is 0 Å². The lowest BCUT2D eigenvalue weighted by Crippen LogP contribution is -2.50. The van der Waals surface area contributed by atoms with E-state index in [1.54, 1.807) is 17.0 Å². The Balaban J connectivity index is 2.05. The number of amides is 2. The van der Waals surface area contributed by atoms with Crippen LogP contribution in [0.3, 0.4) is 0 Å². The molecule has 1 N–H and O–H groups in total. The largest absolute Gasteiger partial charge is 0.355 e. The van der Waals surface area contributed by atoms with Gasteiger partial charge in [0.2, 0.25) is 11.8 Å². The molecule has 0 bridgehead atoms. The third-order valence-electron chi connectivity index (χ3n) is 4.72. The van der Waals surface area contributed by atoms with Crippen molar-refractivity contribution in [2.45, 2.75) is 38.5 Å². The molecular formula is C23H28Cl2N2O2S. The maximum Gasteiger partial charge on any atom is 0.242 e. The van der Waals surface area contributed by atoms with Crippen LogP contribution in [0.5, 0.6) is 0 Å². The maximum atomic E-state index is 13.1. The van der Waals surface area contributed by atoms with Crippen molar-refractivity contribution in [1.29, 1.82) is 0 Å². The number of halogens is 2. The highest BCUT2D eigenvalue weighted by atomic mass is 35.5. The molecule has 0 saturated heterocycles. The number of nitrogens with one attached hydrogen (secondary N) is 1. The topological polar surface area (TPSA) is 49.4 Å². The Labute approximate surface area is 193 Å². The first-order valence-corrected chi connectivity index (χ1v) is 12.0. The van der Waals surface area contributed by atoms with Crippen molar-refractivity contribution >= 4 is 46.8 Å². The van der Waals surface area contributed by atoms with Crippen LogP contribution in [0, 0.1) is 0 Å². The molecule has 7 heteroatoms. The molecule has 0 aliphatic carbocycles. The van der Waals surface area contributed by atoms with Crippen LogP contribution >= 0.6 is 35.0 Å². The van der Waals surface area contributed by atoms with Gasteiger partial charge in [0.05, 0.1) is 5.75 Å². The number of hydrogen-bond acceptors (Lipinski definition) is 3. The lowest BCUT2D eigenvalue weighted by atomic mass is 10.1. The standard InChI is InChI=1S/C23H28Cl2N2O2S/c1-3-21(23(29)26-4-2)27(13-12-17-8-6-5-7-9-17)22(28)16-30-15-18-10-11-19(24)14-20(18)25/h5-11,14,21H,3-4,12-13,15-16H2,1-2H3,(H,26,29). The molecule has 1 atom stereocenters. The van der Waals surface area contributed by atoms with E-state index in [4.69, 9.17) is 23.2 Å². The summed E-state index contributed by atoms with van der Waals surface area (Å²) in [6, 6.07) is 14.9. The van der Waals surface area contributed by atoms with Gasteiger partial charge in [-0.25, -0.2) is 0 Å². The Bertz CT molecular complexity index is 833. The summed E-state index contributed by atoms with van der Waals surface area (Å²) in [7, 11) is 0. The van der Waals surface area contributed by atoms with Crippen LogP contribution in [0.1, 0.15) is 31.4 Å². The first-order valence-electron chi connectivity index (χ1n) is 10.1. The molecule has 2 rings (SSSR count).